The monoisotopic (exact) mass is 238 g/mol. The highest BCUT2D eigenvalue weighted by Gasteiger charge is 2.20. The minimum Gasteiger partial charge on any atom is -0.373 e. The van der Waals surface area contributed by atoms with Gasteiger partial charge in [-0.15, -0.1) is 0 Å². The quantitative estimate of drug-likeness (QED) is 0.257. The van der Waals surface area contributed by atoms with E-state index in [1.165, 1.54) is 70.6 Å². The van der Waals surface area contributed by atoms with Gasteiger partial charge in [0.2, 0.25) is 0 Å². The molecular formula is C16H30O. The number of hydrogen-bond donors (Lipinski definition) is 0. The Labute approximate surface area is 108 Å². The maximum atomic E-state index is 5.20. The minimum absolute atomic E-state index is 0.637. The molecule has 1 fully saturated rings. The van der Waals surface area contributed by atoms with Crippen LogP contribution in [0, 0.1) is 0 Å². The lowest BCUT2D eigenvalue weighted by Gasteiger charge is -1.98. The van der Waals surface area contributed by atoms with E-state index >= 15 is 0 Å². The smallest absolute Gasteiger partial charge is 0.0810 e. The molecule has 0 saturated carbocycles. The van der Waals surface area contributed by atoms with Crippen LogP contribution in [0.3, 0.4) is 0 Å². The summed E-state index contributed by atoms with van der Waals surface area (Å²) >= 11 is 0. The van der Waals surface area contributed by atoms with Gasteiger partial charge in [-0.25, -0.2) is 0 Å². The topological polar surface area (TPSA) is 12.5 Å². The third-order valence-electron chi connectivity index (χ3n) is 3.44. The van der Waals surface area contributed by atoms with E-state index in [4.69, 9.17) is 4.74 Å². The molecule has 1 aliphatic heterocycles. The summed E-state index contributed by atoms with van der Waals surface area (Å²) in [5, 5.41) is 0. The van der Waals surface area contributed by atoms with Crippen molar-refractivity contribution < 1.29 is 4.74 Å². The molecule has 1 unspecified atom stereocenters. The molecule has 0 aromatic heterocycles. The number of rotatable bonds is 12. The Hall–Kier alpha value is -0.300. The summed E-state index contributed by atoms with van der Waals surface area (Å²) in [7, 11) is 0. The van der Waals surface area contributed by atoms with Crippen LogP contribution in [0.4, 0.5) is 0 Å². The van der Waals surface area contributed by atoms with Crippen molar-refractivity contribution in [2.24, 2.45) is 0 Å². The summed E-state index contributed by atoms with van der Waals surface area (Å²) in [5.41, 5.74) is 0. The van der Waals surface area contributed by atoms with E-state index in [-0.39, 0.29) is 0 Å². The molecule has 0 aromatic rings. The normalized spacial score (nSPS) is 19.0. The van der Waals surface area contributed by atoms with Crippen LogP contribution >= 0.6 is 0 Å². The van der Waals surface area contributed by atoms with Gasteiger partial charge < -0.3 is 4.74 Å². The van der Waals surface area contributed by atoms with Gasteiger partial charge in [0.05, 0.1) is 12.7 Å². The first-order valence-corrected chi connectivity index (χ1v) is 7.70. The molecule has 0 radical (unpaired) electrons. The molecule has 1 atom stereocenters. The number of hydrogen-bond acceptors (Lipinski definition) is 1. The van der Waals surface area contributed by atoms with Gasteiger partial charge in [0.25, 0.3) is 0 Å². The third kappa shape index (κ3) is 10.6. The zero-order valence-electron chi connectivity index (χ0n) is 11.6. The standard InChI is InChI=1S/C16H30O/c1-2-3-4-5-6-7-8-9-10-11-12-13-14-16-15-17-16/h7-8,16H,2-6,9-15H2,1H3. The lowest BCUT2D eigenvalue weighted by atomic mass is 10.1. The summed E-state index contributed by atoms with van der Waals surface area (Å²) in [5.74, 6) is 0. The van der Waals surface area contributed by atoms with Crippen molar-refractivity contribution in [1.82, 2.24) is 0 Å². The highest BCUT2D eigenvalue weighted by Crippen LogP contribution is 2.17. The van der Waals surface area contributed by atoms with Crippen molar-refractivity contribution in [3.8, 4) is 0 Å². The van der Waals surface area contributed by atoms with Crippen LogP contribution in [0.2, 0.25) is 0 Å². The number of epoxide rings is 1. The highest BCUT2D eigenvalue weighted by atomic mass is 16.6. The molecule has 1 heterocycles. The van der Waals surface area contributed by atoms with Crippen LogP contribution in [0.15, 0.2) is 12.2 Å². The van der Waals surface area contributed by atoms with Crippen molar-refractivity contribution in [3.05, 3.63) is 12.2 Å². The number of ether oxygens (including phenoxy) is 1. The molecule has 17 heavy (non-hydrogen) atoms. The van der Waals surface area contributed by atoms with Gasteiger partial charge >= 0.3 is 0 Å². The molecule has 1 rings (SSSR count). The lowest BCUT2D eigenvalue weighted by molar-refractivity contribution is 0.388. The SMILES string of the molecule is CCCCCCC=CCCCCCCC1CO1. The van der Waals surface area contributed by atoms with Gasteiger partial charge in [0.1, 0.15) is 0 Å². The van der Waals surface area contributed by atoms with E-state index in [9.17, 15) is 0 Å². The average molecular weight is 238 g/mol. The molecule has 0 amide bonds. The largest absolute Gasteiger partial charge is 0.373 e. The van der Waals surface area contributed by atoms with Gasteiger partial charge in [-0.3, -0.25) is 0 Å². The minimum atomic E-state index is 0.637. The van der Waals surface area contributed by atoms with E-state index < -0.39 is 0 Å². The Balaban J connectivity index is 1.69. The maximum absolute atomic E-state index is 5.20. The molecule has 0 N–H and O–H groups in total. The van der Waals surface area contributed by atoms with Crippen molar-refractivity contribution in [1.29, 1.82) is 0 Å². The zero-order valence-corrected chi connectivity index (χ0v) is 11.6. The Morgan fingerprint density at radius 3 is 2.06 bits per heavy atom. The second kappa shape index (κ2) is 10.8. The first-order valence-electron chi connectivity index (χ1n) is 7.70. The van der Waals surface area contributed by atoms with Gasteiger partial charge in [-0.2, -0.15) is 0 Å². The fourth-order valence-electron chi connectivity index (χ4n) is 2.15. The Kier molecular flexibility index (Phi) is 9.40. The summed E-state index contributed by atoms with van der Waals surface area (Å²) in [4.78, 5) is 0. The van der Waals surface area contributed by atoms with Crippen LogP contribution in [-0.4, -0.2) is 12.7 Å². The van der Waals surface area contributed by atoms with Crippen molar-refractivity contribution in [2.45, 2.75) is 83.7 Å². The summed E-state index contributed by atoms with van der Waals surface area (Å²) in [6, 6.07) is 0. The lowest BCUT2D eigenvalue weighted by Crippen LogP contribution is -1.85. The van der Waals surface area contributed by atoms with Gasteiger partial charge in [-0.05, 0) is 32.1 Å². The van der Waals surface area contributed by atoms with Gasteiger partial charge in [0, 0.05) is 0 Å². The molecular weight excluding hydrogens is 208 g/mol. The molecule has 1 saturated heterocycles. The summed E-state index contributed by atoms with van der Waals surface area (Å²) in [6.45, 7) is 3.30. The van der Waals surface area contributed by atoms with Crippen molar-refractivity contribution in [2.75, 3.05) is 6.61 Å². The first-order chi connectivity index (χ1) is 8.43. The fraction of sp³-hybridized carbons (Fsp3) is 0.875. The predicted molar refractivity (Wildman–Crippen MR) is 75.3 cm³/mol. The maximum Gasteiger partial charge on any atom is 0.0810 e. The second-order valence-electron chi connectivity index (χ2n) is 5.27. The van der Waals surface area contributed by atoms with Crippen LogP contribution in [0.25, 0.3) is 0 Å². The highest BCUT2D eigenvalue weighted by molar-refractivity contribution is 4.81. The zero-order chi connectivity index (χ0) is 12.2. The molecule has 0 spiro atoms. The molecule has 0 bridgehead atoms. The van der Waals surface area contributed by atoms with Crippen LogP contribution in [0.5, 0.6) is 0 Å². The fourth-order valence-corrected chi connectivity index (χ4v) is 2.15. The summed E-state index contributed by atoms with van der Waals surface area (Å²) < 4.78 is 5.20. The molecule has 1 nitrogen and oxygen atoms in total. The summed E-state index contributed by atoms with van der Waals surface area (Å²) in [6.07, 6.45) is 20.3. The molecule has 0 aromatic carbocycles. The second-order valence-corrected chi connectivity index (χ2v) is 5.27. The van der Waals surface area contributed by atoms with E-state index in [1.807, 2.05) is 0 Å². The number of unbranched alkanes of at least 4 members (excludes halogenated alkanes) is 8. The van der Waals surface area contributed by atoms with E-state index in [2.05, 4.69) is 19.1 Å². The van der Waals surface area contributed by atoms with Crippen molar-refractivity contribution >= 4 is 0 Å². The van der Waals surface area contributed by atoms with Crippen molar-refractivity contribution in [3.63, 3.8) is 0 Å². The van der Waals surface area contributed by atoms with Crippen LogP contribution in [-0.2, 0) is 4.74 Å². The Morgan fingerprint density at radius 2 is 1.47 bits per heavy atom. The van der Waals surface area contributed by atoms with E-state index in [0.29, 0.717) is 6.10 Å². The average Bonchev–Trinajstić information content (AvgIpc) is 3.15. The molecule has 100 valence electrons. The van der Waals surface area contributed by atoms with E-state index in [0.717, 1.165) is 6.61 Å². The third-order valence-corrected chi connectivity index (χ3v) is 3.44. The first kappa shape index (κ1) is 14.8. The van der Waals surface area contributed by atoms with Gasteiger partial charge in [-0.1, -0.05) is 57.6 Å². The van der Waals surface area contributed by atoms with E-state index in [1.54, 1.807) is 0 Å². The number of allylic oxidation sites excluding steroid dienone is 2. The Bertz CT molecular complexity index is 182. The van der Waals surface area contributed by atoms with Gasteiger partial charge in [0.15, 0.2) is 0 Å². The Morgan fingerprint density at radius 1 is 0.882 bits per heavy atom. The van der Waals surface area contributed by atoms with Crippen LogP contribution < -0.4 is 0 Å². The molecule has 1 heteroatoms. The molecule has 0 aliphatic carbocycles. The van der Waals surface area contributed by atoms with Crippen LogP contribution in [0.1, 0.15) is 77.6 Å². The molecule has 1 aliphatic rings. The predicted octanol–water partition coefficient (Wildman–Crippen LogP) is 5.25.